The Bertz CT molecular complexity index is 1220. The van der Waals surface area contributed by atoms with Crippen LogP contribution in [0, 0.1) is 5.41 Å². The molecule has 0 spiro atoms. The predicted molar refractivity (Wildman–Crippen MR) is 136 cm³/mol. The Morgan fingerprint density at radius 3 is 2.82 bits per heavy atom. The number of piperazine rings is 1. The average Bonchev–Trinajstić information content (AvgIpc) is 3.35. The number of amides is 2. The first-order valence-corrected chi connectivity index (χ1v) is 12.9. The number of fused-ring (bicyclic) bond motifs is 1. The van der Waals surface area contributed by atoms with E-state index in [1.165, 1.54) is 23.0 Å². The van der Waals surface area contributed by atoms with Gasteiger partial charge in [0.2, 0.25) is 17.5 Å². The lowest BCUT2D eigenvalue weighted by molar-refractivity contribution is -0.150. The Morgan fingerprint density at radius 2 is 2.18 bits per heavy atom. The van der Waals surface area contributed by atoms with Crippen LogP contribution in [0.2, 0.25) is 0 Å². The SMILES string of the molecule is CN(/N=C/C1=C(C(=O)O)N2C(=O)[C@@H](NC(=O)/C(=N\OCF)c3nsc(N)n3)[C@H]2SC1)C(=N)N1CCNCC1. The Balaban J connectivity index is 1.47. The largest absolute Gasteiger partial charge is 0.477 e. The first kappa shape index (κ1) is 27.2. The highest BCUT2D eigenvalue weighted by atomic mass is 32.2. The van der Waals surface area contributed by atoms with Crippen molar-refractivity contribution in [1.29, 1.82) is 5.41 Å². The maximum absolute atomic E-state index is 12.9. The number of thioether (sulfide) groups is 1. The van der Waals surface area contributed by atoms with E-state index in [-0.39, 0.29) is 33.9 Å². The first-order chi connectivity index (χ1) is 18.2. The van der Waals surface area contributed by atoms with Gasteiger partial charge in [-0.2, -0.15) is 14.5 Å². The van der Waals surface area contributed by atoms with Gasteiger partial charge >= 0.3 is 5.97 Å². The van der Waals surface area contributed by atoms with Crippen LogP contribution in [0.25, 0.3) is 0 Å². The Hall–Kier alpha value is -3.84. The molecule has 1 aromatic heterocycles. The quantitative estimate of drug-likeness (QED) is 0.102. The molecule has 0 bridgehead atoms. The molecule has 3 aliphatic rings. The van der Waals surface area contributed by atoms with Crippen molar-refractivity contribution in [3.8, 4) is 0 Å². The molecule has 2 amide bonds. The van der Waals surface area contributed by atoms with Crippen LogP contribution in [0.15, 0.2) is 21.5 Å². The van der Waals surface area contributed by atoms with Crippen LogP contribution >= 0.6 is 23.3 Å². The van der Waals surface area contributed by atoms with Gasteiger partial charge in [0.15, 0.2) is 5.13 Å². The minimum atomic E-state index is -1.34. The molecule has 19 heteroatoms. The van der Waals surface area contributed by atoms with Crippen molar-refractivity contribution >= 4 is 64.1 Å². The van der Waals surface area contributed by atoms with Crippen LogP contribution in [0.3, 0.4) is 0 Å². The summed E-state index contributed by atoms with van der Waals surface area (Å²) in [5.41, 5.74) is 5.06. The highest BCUT2D eigenvalue weighted by molar-refractivity contribution is 8.00. The molecule has 1 aromatic rings. The number of nitrogen functional groups attached to an aromatic ring is 1. The fourth-order valence-corrected chi connectivity index (χ4v) is 5.58. The third kappa shape index (κ3) is 5.53. The number of guanidine groups is 1. The zero-order valence-corrected chi connectivity index (χ0v) is 21.6. The van der Waals surface area contributed by atoms with Crippen molar-refractivity contribution in [1.82, 2.24) is 34.8 Å². The molecule has 2 fully saturated rings. The molecule has 204 valence electrons. The smallest absolute Gasteiger partial charge is 0.353 e. The number of halogens is 1. The molecule has 0 aromatic carbocycles. The number of carbonyl (C=O) groups excluding carboxylic acids is 2. The first-order valence-electron chi connectivity index (χ1n) is 11.1. The Labute approximate surface area is 223 Å². The predicted octanol–water partition coefficient (Wildman–Crippen LogP) is -1.74. The van der Waals surface area contributed by atoms with E-state index < -0.39 is 41.8 Å². The van der Waals surface area contributed by atoms with Crippen molar-refractivity contribution in [2.24, 2.45) is 10.3 Å². The van der Waals surface area contributed by atoms with Gasteiger partial charge in [-0.3, -0.25) is 19.9 Å². The second kappa shape index (κ2) is 11.7. The van der Waals surface area contributed by atoms with Crippen LogP contribution in [0.5, 0.6) is 0 Å². The fourth-order valence-electron chi connectivity index (χ4n) is 3.85. The number of carboxylic acid groups (broad SMARTS) is 1. The second-order valence-corrected chi connectivity index (χ2v) is 9.89. The standard InChI is InChI=1S/C19H24FN11O5S2/c1-29(19(22)30-4-2-23-3-5-30)24-6-9-7-37-16-11(15(33)31(16)12(9)17(34)35)25-14(32)10(27-36-8-20)13-26-18(21)38-28-13/h6,11,16,22-23H,2-5,7-8H2,1H3,(H,25,32)(H,34,35)(H2,21,26,28)/b22-19?,24-6+,27-10-/t11-,16-/m1/s1. The van der Waals surface area contributed by atoms with E-state index in [0.717, 1.165) is 29.5 Å². The molecule has 16 nitrogen and oxygen atoms in total. The fraction of sp³-hybridized carbons (Fsp3) is 0.474. The van der Waals surface area contributed by atoms with Crippen molar-refractivity contribution in [2.75, 3.05) is 51.6 Å². The molecule has 2 saturated heterocycles. The minimum Gasteiger partial charge on any atom is -0.477 e. The highest BCUT2D eigenvalue weighted by Gasteiger charge is 2.54. The van der Waals surface area contributed by atoms with Gasteiger partial charge in [-0.15, -0.1) is 11.8 Å². The third-order valence-corrected chi connectivity index (χ3v) is 7.51. The summed E-state index contributed by atoms with van der Waals surface area (Å²) in [4.78, 5) is 48.9. The molecule has 3 aliphatic heterocycles. The number of alkyl halides is 1. The van der Waals surface area contributed by atoms with E-state index in [1.807, 2.05) is 4.90 Å². The maximum Gasteiger partial charge on any atom is 0.353 e. The zero-order valence-electron chi connectivity index (χ0n) is 20.0. The number of hydrogen-bond donors (Lipinski definition) is 5. The number of aliphatic carboxylic acids is 1. The van der Waals surface area contributed by atoms with Crippen molar-refractivity contribution < 1.29 is 28.7 Å². The van der Waals surface area contributed by atoms with Crippen molar-refractivity contribution in [3.05, 3.63) is 17.1 Å². The number of β-lactam (4-membered cyclic amide) rings is 1. The lowest BCUT2D eigenvalue weighted by Gasteiger charge is -2.49. The summed E-state index contributed by atoms with van der Waals surface area (Å²) >= 11 is 2.00. The summed E-state index contributed by atoms with van der Waals surface area (Å²) in [6.45, 7) is 1.46. The summed E-state index contributed by atoms with van der Waals surface area (Å²) in [6.07, 6.45) is 1.32. The molecule has 2 atom stereocenters. The van der Waals surface area contributed by atoms with Gasteiger partial charge in [0.05, 0.1) is 6.21 Å². The number of nitrogens with one attached hydrogen (secondary N) is 3. The molecule has 0 unspecified atom stereocenters. The summed E-state index contributed by atoms with van der Waals surface area (Å²) < 4.78 is 16.3. The van der Waals surface area contributed by atoms with Crippen LogP contribution in [0.4, 0.5) is 9.52 Å². The lowest BCUT2D eigenvalue weighted by atomic mass is 10.0. The van der Waals surface area contributed by atoms with E-state index in [9.17, 15) is 23.9 Å². The van der Waals surface area contributed by atoms with Gasteiger partial charge in [0, 0.05) is 56.1 Å². The molecular formula is C19H24FN11O5S2. The molecule has 0 saturated carbocycles. The van der Waals surface area contributed by atoms with Gasteiger partial charge in [-0.05, 0) is 0 Å². The number of oxime groups is 1. The number of hydrogen-bond acceptors (Lipinski definition) is 13. The number of nitrogens with two attached hydrogens (primary N) is 1. The molecule has 4 rings (SSSR count). The van der Waals surface area contributed by atoms with Crippen LogP contribution < -0.4 is 16.4 Å². The van der Waals surface area contributed by atoms with Gasteiger partial charge in [0.1, 0.15) is 17.1 Å². The number of aromatic nitrogens is 2. The summed E-state index contributed by atoms with van der Waals surface area (Å²) in [7, 11) is 1.58. The molecular weight excluding hydrogens is 545 g/mol. The molecule has 38 heavy (non-hydrogen) atoms. The molecule has 6 N–H and O–H groups in total. The summed E-state index contributed by atoms with van der Waals surface area (Å²) in [6, 6.07) is -1.09. The van der Waals surface area contributed by atoms with E-state index in [1.54, 1.807) is 7.05 Å². The van der Waals surface area contributed by atoms with E-state index >= 15 is 0 Å². The van der Waals surface area contributed by atoms with Gasteiger partial charge in [-0.25, -0.2) is 14.2 Å². The minimum absolute atomic E-state index is 0.0358. The number of carbonyl (C=O) groups is 3. The number of carboxylic acids is 1. The number of anilines is 1. The van der Waals surface area contributed by atoms with E-state index in [4.69, 9.17) is 11.1 Å². The summed E-state index contributed by atoms with van der Waals surface area (Å²) in [5, 5.41) is 32.1. The van der Waals surface area contributed by atoms with Crippen molar-refractivity contribution in [3.63, 3.8) is 0 Å². The molecule has 4 heterocycles. The van der Waals surface area contributed by atoms with Gasteiger partial charge in [0.25, 0.3) is 18.7 Å². The number of rotatable bonds is 8. The molecule has 0 aliphatic carbocycles. The van der Waals surface area contributed by atoms with E-state index in [0.29, 0.717) is 13.1 Å². The van der Waals surface area contributed by atoms with Crippen LogP contribution in [-0.2, 0) is 19.2 Å². The topological polar surface area (TPSA) is 215 Å². The second-order valence-electron chi connectivity index (χ2n) is 8.00. The average molecular weight is 570 g/mol. The van der Waals surface area contributed by atoms with Crippen molar-refractivity contribution in [2.45, 2.75) is 11.4 Å². The Kier molecular flexibility index (Phi) is 8.37. The monoisotopic (exact) mass is 569 g/mol. The number of hydrazone groups is 1. The van der Waals surface area contributed by atoms with Gasteiger partial charge in [-0.1, -0.05) is 5.16 Å². The Morgan fingerprint density at radius 1 is 1.45 bits per heavy atom. The maximum atomic E-state index is 12.9. The zero-order chi connectivity index (χ0) is 27.4. The normalized spacial score (nSPS) is 21.7. The lowest BCUT2D eigenvalue weighted by Crippen LogP contribution is -2.71. The third-order valence-electron chi connectivity index (χ3n) is 5.67. The van der Waals surface area contributed by atoms with Crippen LogP contribution in [-0.4, -0.2) is 122 Å². The molecule has 0 radical (unpaired) electrons. The number of nitrogens with zero attached hydrogens (tertiary/aromatic N) is 7. The highest BCUT2D eigenvalue weighted by Crippen LogP contribution is 2.40. The van der Waals surface area contributed by atoms with Crippen LogP contribution in [0.1, 0.15) is 5.82 Å². The summed E-state index contributed by atoms with van der Waals surface area (Å²) in [5.74, 6) is -2.80. The van der Waals surface area contributed by atoms with Gasteiger partial charge < -0.3 is 31.2 Å². The van der Waals surface area contributed by atoms with E-state index in [2.05, 4.69) is 35.1 Å².